The zero-order valence-corrected chi connectivity index (χ0v) is 10.8. The van der Waals surface area contributed by atoms with Crippen molar-refractivity contribution in [2.75, 3.05) is 0 Å². The Balaban J connectivity index is 2.56. The molecule has 1 aromatic heterocycles. The normalized spacial score (nSPS) is 9.67. The second kappa shape index (κ2) is 6.28. The predicted molar refractivity (Wildman–Crippen MR) is 72.9 cm³/mol. The molecule has 1 heterocycles. The second-order valence-corrected chi connectivity index (χ2v) is 4.01. The number of nitrogens with zero attached hydrogens (tertiary/aromatic N) is 3. The van der Waals surface area contributed by atoms with Gasteiger partial charge in [0.15, 0.2) is 5.82 Å². The zero-order chi connectivity index (χ0) is 12.8. The third-order valence-electron chi connectivity index (χ3n) is 2.06. The molecule has 2 aromatic rings. The quantitative estimate of drug-likeness (QED) is 0.792. The highest BCUT2D eigenvalue weighted by molar-refractivity contribution is 6.31. The van der Waals surface area contributed by atoms with Crippen LogP contribution in [0.25, 0.3) is 11.4 Å². The van der Waals surface area contributed by atoms with E-state index in [2.05, 4.69) is 15.0 Å². The van der Waals surface area contributed by atoms with Gasteiger partial charge in [0.05, 0.1) is 0 Å². The molecule has 0 saturated carbocycles. The van der Waals surface area contributed by atoms with Gasteiger partial charge < -0.3 is 0 Å². The molecule has 0 radical (unpaired) electrons. The highest BCUT2D eigenvalue weighted by Gasteiger charge is 2.03. The van der Waals surface area contributed by atoms with E-state index in [4.69, 9.17) is 23.2 Å². The molecule has 0 aliphatic carbocycles. The molecule has 0 aliphatic heterocycles. The van der Waals surface area contributed by atoms with E-state index in [1.807, 2.05) is 54.6 Å². The van der Waals surface area contributed by atoms with Crippen molar-refractivity contribution >= 4 is 23.2 Å². The molecule has 0 atom stereocenters. The van der Waals surface area contributed by atoms with E-state index in [0.717, 1.165) is 5.56 Å². The molecular formula is C13H9Cl2N3. The van der Waals surface area contributed by atoms with Crippen molar-refractivity contribution in [1.29, 1.82) is 0 Å². The van der Waals surface area contributed by atoms with Crippen LogP contribution in [0.15, 0.2) is 54.6 Å². The van der Waals surface area contributed by atoms with Crippen molar-refractivity contribution in [2.45, 2.75) is 0 Å². The van der Waals surface area contributed by atoms with Crippen LogP contribution >= 0.6 is 23.2 Å². The van der Waals surface area contributed by atoms with E-state index in [1.165, 1.54) is 0 Å². The molecule has 5 heteroatoms. The summed E-state index contributed by atoms with van der Waals surface area (Å²) in [5.74, 6) is 0.443. The Morgan fingerprint density at radius 3 is 1.56 bits per heavy atom. The van der Waals surface area contributed by atoms with Crippen LogP contribution in [0.1, 0.15) is 0 Å². The Bertz CT molecular complexity index is 556. The van der Waals surface area contributed by atoms with Gasteiger partial charge in [0, 0.05) is 5.56 Å². The van der Waals surface area contributed by atoms with E-state index < -0.39 is 0 Å². The number of aromatic nitrogens is 3. The standard InChI is InChI=1S/C13H9Cl2N3/c14-12-16-11(17-13(15)18-12)10-8-6-4-2-1-3-5-7-9-10/h1-9H. The van der Waals surface area contributed by atoms with Crippen LogP contribution in [0, 0.1) is 0 Å². The summed E-state index contributed by atoms with van der Waals surface area (Å²) in [4.78, 5) is 11.8. The Morgan fingerprint density at radius 2 is 1.06 bits per heavy atom. The molecule has 0 saturated heterocycles. The summed E-state index contributed by atoms with van der Waals surface area (Å²) in [5.41, 5.74) is 0.803. The lowest BCUT2D eigenvalue weighted by Gasteiger charge is -1.98. The van der Waals surface area contributed by atoms with Crippen LogP contribution in [0.3, 0.4) is 0 Å². The van der Waals surface area contributed by atoms with Gasteiger partial charge in [-0.05, 0) is 23.2 Å². The molecule has 0 N–H and O–H groups in total. The molecule has 1 aromatic carbocycles. The Morgan fingerprint density at radius 1 is 0.611 bits per heavy atom. The molecule has 18 heavy (non-hydrogen) atoms. The van der Waals surface area contributed by atoms with Crippen molar-refractivity contribution in [2.24, 2.45) is 0 Å². The van der Waals surface area contributed by atoms with Crippen molar-refractivity contribution in [3.05, 3.63) is 65.2 Å². The molecule has 0 aliphatic rings. The average Bonchev–Trinajstić information content (AvgIpc) is 2.34. The highest BCUT2D eigenvalue weighted by Crippen LogP contribution is 2.16. The van der Waals surface area contributed by atoms with Crippen LogP contribution in [-0.4, -0.2) is 15.0 Å². The predicted octanol–water partition coefficient (Wildman–Crippen LogP) is 3.97. The Hall–Kier alpha value is -1.71. The molecule has 0 spiro atoms. The maximum absolute atomic E-state index is 5.76. The van der Waals surface area contributed by atoms with E-state index >= 15 is 0 Å². The molecule has 90 valence electrons. The largest absolute Gasteiger partial charge is 0.227 e. The minimum atomic E-state index is 0.0795. The zero-order valence-electron chi connectivity index (χ0n) is 9.29. The third kappa shape index (κ3) is 3.65. The monoisotopic (exact) mass is 277 g/mol. The van der Waals surface area contributed by atoms with E-state index in [0.29, 0.717) is 5.82 Å². The summed E-state index contributed by atoms with van der Waals surface area (Å²) in [6.45, 7) is 0. The molecule has 0 fully saturated rings. The van der Waals surface area contributed by atoms with Gasteiger partial charge in [-0.25, -0.2) is 0 Å². The van der Waals surface area contributed by atoms with Crippen LogP contribution in [0.5, 0.6) is 0 Å². The van der Waals surface area contributed by atoms with E-state index in [-0.39, 0.29) is 10.6 Å². The van der Waals surface area contributed by atoms with Gasteiger partial charge in [0.2, 0.25) is 10.6 Å². The summed E-state index contributed by atoms with van der Waals surface area (Å²) in [6, 6.07) is 17.2. The van der Waals surface area contributed by atoms with Gasteiger partial charge in [-0.3, -0.25) is 0 Å². The fourth-order valence-electron chi connectivity index (χ4n) is 1.30. The molecular weight excluding hydrogens is 269 g/mol. The second-order valence-electron chi connectivity index (χ2n) is 3.33. The summed E-state index contributed by atoms with van der Waals surface area (Å²) in [6.07, 6.45) is 0. The fraction of sp³-hybridized carbons (Fsp3) is 0. The minimum Gasteiger partial charge on any atom is -0.198 e. The number of halogens is 2. The maximum atomic E-state index is 5.76. The summed E-state index contributed by atoms with van der Waals surface area (Å²) in [5, 5.41) is 0.159. The van der Waals surface area contributed by atoms with Gasteiger partial charge >= 0.3 is 0 Å². The van der Waals surface area contributed by atoms with E-state index in [9.17, 15) is 0 Å². The molecule has 3 nitrogen and oxygen atoms in total. The lowest BCUT2D eigenvalue weighted by atomic mass is 10.2. The van der Waals surface area contributed by atoms with Gasteiger partial charge in [-0.2, -0.15) is 15.0 Å². The maximum Gasteiger partial charge on any atom is 0.227 e. The first kappa shape index (κ1) is 12.7. The lowest BCUT2D eigenvalue weighted by Crippen LogP contribution is -1.92. The van der Waals surface area contributed by atoms with Crippen LogP contribution < -0.4 is 0 Å². The topological polar surface area (TPSA) is 38.7 Å². The minimum absolute atomic E-state index is 0.0795. The molecule has 0 amide bonds. The first-order valence-electron chi connectivity index (χ1n) is 5.21. The van der Waals surface area contributed by atoms with Crippen molar-refractivity contribution in [1.82, 2.24) is 15.0 Å². The summed E-state index contributed by atoms with van der Waals surface area (Å²) < 4.78 is 0. The van der Waals surface area contributed by atoms with Crippen LogP contribution in [0.4, 0.5) is 0 Å². The van der Waals surface area contributed by atoms with Crippen LogP contribution in [-0.2, 0) is 0 Å². The van der Waals surface area contributed by atoms with Crippen molar-refractivity contribution in [3.8, 4) is 11.4 Å². The smallest absolute Gasteiger partial charge is 0.198 e. The van der Waals surface area contributed by atoms with Gasteiger partial charge in [-0.15, -0.1) is 0 Å². The number of hydrogen-bond donors (Lipinski definition) is 0. The first-order valence-corrected chi connectivity index (χ1v) is 5.97. The summed E-state index contributed by atoms with van der Waals surface area (Å²) in [7, 11) is 0. The summed E-state index contributed by atoms with van der Waals surface area (Å²) >= 11 is 11.5. The SMILES string of the molecule is Clc1nc(Cl)nc(-c2ccccccccc2)n1. The van der Waals surface area contributed by atoms with Crippen molar-refractivity contribution in [3.63, 3.8) is 0 Å². The molecule has 2 rings (SSSR count). The lowest BCUT2D eigenvalue weighted by molar-refractivity contribution is 1.06. The number of hydrogen-bond acceptors (Lipinski definition) is 3. The van der Waals surface area contributed by atoms with Gasteiger partial charge in [0.25, 0.3) is 0 Å². The van der Waals surface area contributed by atoms with Gasteiger partial charge in [0.1, 0.15) is 0 Å². The number of rotatable bonds is 1. The average molecular weight is 278 g/mol. The van der Waals surface area contributed by atoms with Gasteiger partial charge in [-0.1, -0.05) is 54.6 Å². The third-order valence-corrected chi connectivity index (χ3v) is 2.40. The Kier molecular flexibility index (Phi) is 4.45. The fourth-order valence-corrected chi connectivity index (χ4v) is 1.66. The van der Waals surface area contributed by atoms with Crippen LogP contribution in [0.2, 0.25) is 10.6 Å². The molecule has 0 unspecified atom stereocenters. The first-order chi connectivity index (χ1) is 8.75. The molecule has 0 bridgehead atoms. The highest BCUT2D eigenvalue weighted by atomic mass is 35.5. The Labute approximate surface area is 115 Å². The van der Waals surface area contributed by atoms with Crippen molar-refractivity contribution < 1.29 is 0 Å². The van der Waals surface area contributed by atoms with E-state index in [1.54, 1.807) is 0 Å².